The van der Waals surface area contributed by atoms with Crippen LogP contribution in [0.3, 0.4) is 0 Å². The van der Waals surface area contributed by atoms with Crippen LogP contribution < -0.4 is 11.1 Å². The lowest BCUT2D eigenvalue weighted by Gasteiger charge is -2.20. The summed E-state index contributed by atoms with van der Waals surface area (Å²) in [6, 6.07) is 10.9. The molecular weight excluding hydrogens is 286 g/mol. The molecule has 2 unspecified atom stereocenters. The summed E-state index contributed by atoms with van der Waals surface area (Å²) in [4.78, 5) is 4.37. The molecule has 110 valence electrons. The average Bonchev–Trinajstić information content (AvgIpc) is 2.75. The molecule has 0 saturated heterocycles. The van der Waals surface area contributed by atoms with Crippen LogP contribution in [0.4, 0.5) is 5.82 Å². The number of rotatable bonds is 3. The zero-order chi connectivity index (χ0) is 15.0. The van der Waals surface area contributed by atoms with Gasteiger partial charge in [-0.3, -0.25) is 0 Å². The van der Waals surface area contributed by atoms with Gasteiger partial charge in [-0.15, -0.1) is 0 Å². The molecule has 3 rings (SSSR count). The van der Waals surface area contributed by atoms with Gasteiger partial charge in [-0.1, -0.05) is 24.3 Å². The van der Waals surface area contributed by atoms with Crippen molar-refractivity contribution in [2.24, 2.45) is 5.73 Å². The molecule has 1 aliphatic rings. The lowest BCUT2D eigenvalue weighted by Crippen LogP contribution is -2.30. The number of anilines is 1. The van der Waals surface area contributed by atoms with E-state index in [0.717, 1.165) is 12.0 Å². The Bertz CT molecular complexity index is 774. The van der Waals surface area contributed by atoms with E-state index in [1.165, 1.54) is 11.8 Å². The van der Waals surface area contributed by atoms with Gasteiger partial charge in [0, 0.05) is 18.5 Å². The molecule has 1 aromatic carbocycles. The molecule has 1 aromatic heterocycles. The first-order valence-corrected chi connectivity index (χ1v) is 8.61. The SMILES string of the molecule is CS(=O)(=O)c1cccnc1NC1c2ccccc2CC1N. The van der Waals surface area contributed by atoms with Gasteiger partial charge in [0.15, 0.2) is 9.84 Å². The first-order valence-electron chi connectivity index (χ1n) is 6.72. The minimum absolute atomic E-state index is 0.100. The Kier molecular flexibility index (Phi) is 3.43. The first kappa shape index (κ1) is 14.0. The van der Waals surface area contributed by atoms with Crippen molar-refractivity contribution in [1.29, 1.82) is 0 Å². The van der Waals surface area contributed by atoms with Crippen molar-refractivity contribution >= 4 is 15.7 Å². The Balaban J connectivity index is 1.99. The fraction of sp³-hybridized carbons (Fsp3) is 0.267. The van der Waals surface area contributed by atoms with E-state index in [9.17, 15) is 8.42 Å². The van der Waals surface area contributed by atoms with E-state index < -0.39 is 9.84 Å². The topological polar surface area (TPSA) is 85.1 Å². The standard InChI is InChI=1S/C15H17N3O2S/c1-21(19,20)13-7-4-8-17-15(13)18-14-11-6-3-2-5-10(11)9-12(14)16/h2-8,12,14H,9,16H2,1H3,(H,17,18). The minimum Gasteiger partial charge on any atom is -0.361 e. The molecule has 1 aliphatic carbocycles. The lowest BCUT2D eigenvalue weighted by molar-refractivity contribution is 0.599. The molecule has 1 heterocycles. The first-order chi connectivity index (χ1) is 9.97. The molecule has 2 atom stereocenters. The summed E-state index contributed by atoms with van der Waals surface area (Å²) in [6.45, 7) is 0. The number of benzene rings is 1. The number of nitrogens with one attached hydrogen (secondary N) is 1. The largest absolute Gasteiger partial charge is 0.361 e. The summed E-state index contributed by atoms with van der Waals surface area (Å²) in [5.41, 5.74) is 8.50. The molecule has 0 fully saturated rings. The molecular formula is C15H17N3O2S. The van der Waals surface area contributed by atoms with Crippen molar-refractivity contribution in [2.75, 3.05) is 11.6 Å². The molecule has 0 radical (unpaired) electrons. The van der Waals surface area contributed by atoms with Crippen molar-refractivity contribution in [3.05, 3.63) is 53.7 Å². The fourth-order valence-electron chi connectivity index (χ4n) is 2.76. The van der Waals surface area contributed by atoms with E-state index in [-0.39, 0.29) is 17.0 Å². The summed E-state index contributed by atoms with van der Waals surface area (Å²) in [5.74, 6) is 0.358. The molecule has 0 aliphatic heterocycles. The van der Waals surface area contributed by atoms with E-state index in [1.807, 2.05) is 24.3 Å². The number of aromatic nitrogens is 1. The summed E-state index contributed by atoms with van der Waals surface area (Å²) in [7, 11) is -3.34. The van der Waals surface area contributed by atoms with Crippen molar-refractivity contribution in [2.45, 2.75) is 23.4 Å². The average molecular weight is 303 g/mol. The smallest absolute Gasteiger partial charge is 0.179 e. The third kappa shape index (κ3) is 2.64. The Morgan fingerprint density at radius 3 is 2.76 bits per heavy atom. The molecule has 0 amide bonds. The number of pyridine rings is 1. The van der Waals surface area contributed by atoms with Crippen LogP contribution in [0.25, 0.3) is 0 Å². The van der Waals surface area contributed by atoms with Gasteiger partial charge in [0.25, 0.3) is 0 Å². The third-order valence-corrected chi connectivity index (χ3v) is 4.86. The second-order valence-corrected chi connectivity index (χ2v) is 7.30. The van der Waals surface area contributed by atoms with Crippen LogP contribution in [0.2, 0.25) is 0 Å². The fourth-order valence-corrected chi connectivity index (χ4v) is 3.54. The third-order valence-electron chi connectivity index (χ3n) is 3.74. The van der Waals surface area contributed by atoms with Gasteiger partial charge in [0.05, 0.1) is 6.04 Å². The maximum atomic E-state index is 11.8. The highest BCUT2D eigenvalue weighted by molar-refractivity contribution is 7.90. The van der Waals surface area contributed by atoms with Gasteiger partial charge in [-0.2, -0.15) is 0 Å². The van der Waals surface area contributed by atoms with Crippen LogP contribution >= 0.6 is 0 Å². The van der Waals surface area contributed by atoms with Crippen molar-refractivity contribution in [3.63, 3.8) is 0 Å². The Hall–Kier alpha value is -1.92. The zero-order valence-corrected chi connectivity index (χ0v) is 12.5. The molecule has 6 heteroatoms. The van der Waals surface area contributed by atoms with Crippen LogP contribution in [0.15, 0.2) is 47.5 Å². The zero-order valence-electron chi connectivity index (χ0n) is 11.7. The van der Waals surface area contributed by atoms with Gasteiger partial charge in [0.2, 0.25) is 0 Å². The van der Waals surface area contributed by atoms with E-state index >= 15 is 0 Å². The van der Waals surface area contributed by atoms with E-state index in [0.29, 0.717) is 5.82 Å². The number of nitrogens with zero attached hydrogens (tertiary/aromatic N) is 1. The summed E-state index contributed by atoms with van der Waals surface area (Å²) >= 11 is 0. The molecule has 0 bridgehead atoms. The van der Waals surface area contributed by atoms with E-state index in [4.69, 9.17) is 5.73 Å². The van der Waals surface area contributed by atoms with Gasteiger partial charge < -0.3 is 11.1 Å². The van der Waals surface area contributed by atoms with Crippen molar-refractivity contribution in [1.82, 2.24) is 4.98 Å². The highest BCUT2D eigenvalue weighted by Crippen LogP contribution is 2.33. The second-order valence-electron chi connectivity index (χ2n) is 5.31. The second kappa shape index (κ2) is 5.13. The minimum atomic E-state index is -3.34. The van der Waals surface area contributed by atoms with Crippen LogP contribution in [0.1, 0.15) is 17.2 Å². The Morgan fingerprint density at radius 1 is 1.24 bits per heavy atom. The maximum Gasteiger partial charge on any atom is 0.179 e. The molecule has 21 heavy (non-hydrogen) atoms. The summed E-state index contributed by atoms with van der Waals surface area (Å²) < 4.78 is 23.7. The molecule has 2 aromatic rings. The summed E-state index contributed by atoms with van der Waals surface area (Å²) in [5, 5.41) is 3.21. The monoisotopic (exact) mass is 303 g/mol. The Labute approximate surface area is 124 Å². The molecule has 3 N–H and O–H groups in total. The molecule has 5 nitrogen and oxygen atoms in total. The summed E-state index contributed by atoms with van der Waals surface area (Å²) in [6.07, 6.45) is 3.52. The van der Waals surface area contributed by atoms with E-state index in [1.54, 1.807) is 18.3 Å². The van der Waals surface area contributed by atoms with Gasteiger partial charge in [-0.25, -0.2) is 13.4 Å². The van der Waals surface area contributed by atoms with Crippen LogP contribution in [0, 0.1) is 0 Å². The van der Waals surface area contributed by atoms with Gasteiger partial charge in [-0.05, 0) is 29.7 Å². The number of hydrogen-bond donors (Lipinski definition) is 2. The lowest BCUT2D eigenvalue weighted by atomic mass is 10.1. The number of sulfone groups is 1. The maximum absolute atomic E-state index is 11.8. The van der Waals surface area contributed by atoms with Crippen LogP contribution in [-0.2, 0) is 16.3 Å². The number of nitrogens with two attached hydrogens (primary N) is 1. The van der Waals surface area contributed by atoms with Crippen LogP contribution in [0.5, 0.6) is 0 Å². The predicted molar refractivity (Wildman–Crippen MR) is 81.8 cm³/mol. The van der Waals surface area contributed by atoms with Crippen molar-refractivity contribution in [3.8, 4) is 0 Å². The van der Waals surface area contributed by atoms with Crippen LogP contribution in [-0.4, -0.2) is 25.7 Å². The van der Waals surface area contributed by atoms with Gasteiger partial charge >= 0.3 is 0 Å². The van der Waals surface area contributed by atoms with Gasteiger partial charge in [0.1, 0.15) is 10.7 Å². The Morgan fingerprint density at radius 2 is 2.00 bits per heavy atom. The molecule has 0 spiro atoms. The highest BCUT2D eigenvalue weighted by Gasteiger charge is 2.30. The number of hydrogen-bond acceptors (Lipinski definition) is 5. The van der Waals surface area contributed by atoms with E-state index in [2.05, 4.69) is 10.3 Å². The highest BCUT2D eigenvalue weighted by atomic mass is 32.2. The predicted octanol–water partition coefficient (Wildman–Crippen LogP) is 1.52. The molecule has 0 saturated carbocycles. The normalized spacial score (nSPS) is 21.0. The quantitative estimate of drug-likeness (QED) is 0.898. The van der Waals surface area contributed by atoms with Crippen molar-refractivity contribution < 1.29 is 8.42 Å². The number of fused-ring (bicyclic) bond motifs is 1.